The van der Waals surface area contributed by atoms with E-state index in [1.165, 1.54) is 55.6 Å². The predicted octanol–water partition coefficient (Wildman–Crippen LogP) is 5.59. The van der Waals surface area contributed by atoms with Crippen LogP contribution in [0.4, 0.5) is 0 Å². The third-order valence-electron chi connectivity index (χ3n) is 6.60. The molecule has 2 heterocycles. The van der Waals surface area contributed by atoms with Crippen molar-refractivity contribution in [2.45, 2.75) is 101 Å². The van der Waals surface area contributed by atoms with Crippen LogP contribution in [0.25, 0.3) is 0 Å². The summed E-state index contributed by atoms with van der Waals surface area (Å²) < 4.78 is 11.1. The van der Waals surface area contributed by atoms with Crippen LogP contribution in [0.5, 0.6) is 0 Å². The molecular weight excluding hydrogens is 470 g/mol. The van der Waals surface area contributed by atoms with E-state index in [1.807, 2.05) is 26.8 Å². The van der Waals surface area contributed by atoms with E-state index in [-0.39, 0.29) is 18.8 Å². The summed E-state index contributed by atoms with van der Waals surface area (Å²) in [6, 6.07) is 0. The minimum atomic E-state index is -1.71. The highest BCUT2D eigenvalue weighted by atomic mass is 32.2. The lowest BCUT2D eigenvalue weighted by molar-refractivity contribution is -0.163. The quantitative estimate of drug-likeness (QED) is 0.0985. The number of amides is 1. The van der Waals surface area contributed by atoms with Gasteiger partial charge in [-0.15, -0.1) is 23.5 Å². The molecule has 0 aromatic heterocycles. The van der Waals surface area contributed by atoms with Crippen molar-refractivity contribution in [1.82, 2.24) is 4.90 Å². The van der Waals surface area contributed by atoms with Gasteiger partial charge >= 0.3 is 5.97 Å². The third kappa shape index (κ3) is 7.03. The molecule has 0 saturated carbocycles. The van der Waals surface area contributed by atoms with E-state index in [2.05, 4.69) is 36.5 Å². The van der Waals surface area contributed by atoms with Gasteiger partial charge < -0.3 is 9.47 Å². The Balaban J connectivity index is 1.92. The SMILES string of the molecule is CCCCCCC1(CC/C=C/CCC(=O)[C@]2(C(=O)OC)CO[C@@H](C(C)(C)C)N2C=O)SCCS1. The molecule has 6 nitrogen and oxygen atoms in total. The zero-order valence-electron chi connectivity index (χ0n) is 21.6. The lowest BCUT2D eigenvalue weighted by Crippen LogP contribution is -2.61. The van der Waals surface area contributed by atoms with Crippen LogP contribution in [0.3, 0.4) is 0 Å². The Hall–Kier alpha value is -0.990. The lowest BCUT2D eigenvalue weighted by Gasteiger charge is -2.37. The second-order valence-electron chi connectivity index (χ2n) is 10.3. The number of allylic oxidation sites excluding steroid dienone is 2. The molecule has 194 valence electrons. The van der Waals surface area contributed by atoms with Gasteiger partial charge in [0, 0.05) is 23.3 Å². The minimum Gasteiger partial charge on any atom is -0.467 e. The van der Waals surface area contributed by atoms with Crippen molar-refractivity contribution in [2.24, 2.45) is 5.41 Å². The van der Waals surface area contributed by atoms with Gasteiger partial charge in [0.05, 0.1) is 17.8 Å². The van der Waals surface area contributed by atoms with Crippen molar-refractivity contribution in [3.63, 3.8) is 0 Å². The van der Waals surface area contributed by atoms with Gasteiger partial charge in [-0.1, -0.05) is 65.5 Å². The van der Waals surface area contributed by atoms with E-state index < -0.39 is 23.2 Å². The van der Waals surface area contributed by atoms with E-state index in [4.69, 9.17) is 9.47 Å². The fraction of sp³-hybridized carbons (Fsp3) is 0.808. The molecule has 0 aliphatic carbocycles. The summed E-state index contributed by atoms with van der Waals surface area (Å²) in [7, 11) is 1.24. The number of thioether (sulfide) groups is 2. The molecule has 2 fully saturated rings. The van der Waals surface area contributed by atoms with Crippen LogP contribution in [-0.4, -0.2) is 64.1 Å². The van der Waals surface area contributed by atoms with Gasteiger partial charge in [0.2, 0.25) is 11.9 Å². The molecule has 0 radical (unpaired) electrons. The number of ether oxygens (including phenoxy) is 2. The largest absolute Gasteiger partial charge is 0.467 e. The van der Waals surface area contributed by atoms with Gasteiger partial charge in [0.15, 0.2) is 5.78 Å². The number of Topliss-reactive ketones (excluding diaryl/α,β-unsaturated/α-hetero) is 1. The van der Waals surface area contributed by atoms with Crippen LogP contribution in [0.1, 0.15) is 85.5 Å². The predicted molar refractivity (Wildman–Crippen MR) is 141 cm³/mol. The Morgan fingerprint density at radius 2 is 1.76 bits per heavy atom. The van der Waals surface area contributed by atoms with E-state index in [1.54, 1.807) is 0 Å². The van der Waals surface area contributed by atoms with Gasteiger partial charge in [-0.25, -0.2) is 4.79 Å². The van der Waals surface area contributed by atoms with Gasteiger partial charge in [0.1, 0.15) is 6.23 Å². The molecule has 2 atom stereocenters. The summed E-state index contributed by atoms with van der Waals surface area (Å²) in [6.45, 7) is 7.80. The molecule has 2 rings (SSSR count). The number of rotatable bonds is 14. The molecular formula is C26H43NO5S2. The highest BCUT2D eigenvalue weighted by molar-refractivity contribution is 8.21. The number of unbranched alkanes of at least 4 members (excludes halogenated alkanes) is 3. The average molecular weight is 514 g/mol. The molecule has 1 amide bonds. The molecule has 8 heteroatoms. The number of carbonyl (C=O) groups excluding carboxylic acids is 3. The fourth-order valence-corrected chi connectivity index (χ4v) is 8.08. The summed E-state index contributed by atoms with van der Waals surface area (Å²) in [4.78, 5) is 39.1. The smallest absolute Gasteiger partial charge is 0.342 e. The molecule has 2 aliphatic rings. The first-order valence-electron chi connectivity index (χ1n) is 12.6. The van der Waals surface area contributed by atoms with Gasteiger partial charge in [-0.3, -0.25) is 14.5 Å². The first kappa shape index (κ1) is 29.2. The maximum atomic E-state index is 13.3. The highest BCUT2D eigenvalue weighted by Crippen LogP contribution is 2.50. The number of nitrogens with zero attached hydrogens (tertiary/aromatic N) is 1. The van der Waals surface area contributed by atoms with E-state index >= 15 is 0 Å². The topological polar surface area (TPSA) is 72.9 Å². The van der Waals surface area contributed by atoms with Crippen molar-refractivity contribution in [3.8, 4) is 0 Å². The number of methoxy groups -OCH3 is 1. The highest BCUT2D eigenvalue weighted by Gasteiger charge is 2.60. The Morgan fingerprint density at radius 1 is 1.09 bits per heavy atom. The molecule has 0 aromatic carbocycles. The standard InChI is InChI=1S/C26H43NO5S2/c1-6-7-8-12-15-25(33-17-18-34-25)16-13-10-9-11-14-21(29)26(23(30)31-5)19-32-22(24(2,3)4)27(26)20-28/h9-10,20,22H,6-8,11-19H2,1-5H3/b10-9+/t22-,26-/m0/s1. The molecule has 0 bridgehead atoms. The maximum Gasteiger partial charge on any atom is 0.342 e. The second-order valence-corrected chi connectivity index (χ2v) is 13.5. The Labute approximate surface area is 214 Å². The Morgan fingerprint density at radius 3 is 2.35 bits per heavy atom. The Kier molecular flexibility index (Phi) is 11.5. The molecule has 2 saturated heterocycles. The van der Waals surface area contributed by atoms with Crippen LogP contribution in [0, 0.1) is 5.41 Å². The maximum absolute atomic E-state index is 13.3. The number of carbonyl (C=O) groups is 3. The monoisotopic (exact) mass is 513 g/mol. The molecule has 0 aromatic rings. The molecule has 0 unspecified atom stereocenters. The number of hydrogen-bond acceptors (Lipinski definition) is 7. The zero-order valence-corrected chi connectivity index (χ0v) is 23.2. The van der Waals surface area contributed by atoms with Crippen molar-refractivity contribution in [3.05, 3.63) is 12.2 Å². The zero-order chi connectivity index (χ0) is 25.2. The lowest BCUT2D eigenvalue weighted by atomic mass is 9.87. The Bertz CT molecular complexity index is 714. The summed E-state index contributed by atoms with van der Waals surface area (Å²) in [5, 5.41) is 0. The van der Waals surface area contributed by atoms with Crippen molar-refractivity contribution in [1.29, 1.82) is 0 Å². The van der Waals surface area contributed by atoms with Crippen molar-refractivity contribution >= 4 is 41.7 Å². The summed E-state index contributed by atoms with van der Waals surface area (Å²) in [5.74, 6) is 1.40. The van der Waals surface area contributed by atoms with Crippen molar-refractivity contribution in [2.75, 3.05) is 25.2 Å². The first-order chi connectivity index (χ1) is 16.2. The van der Waals surface area contributed by atoms with E-state index in [0.717, 1.165) is 12.8 Å². The summed E-state index contributed by atoms with van der Waals surface area (Å²) in [6.07, 6.45) is 13.3. The van der Waals surface area contributed by atoms with E-state index in [0.29, 0.717) is 16.9 Å². The van der Waals surface area contributed by atoms with Crippen LogP contribution in [0.15, 0.2) is 12.2 Å². The third-order valence-corrected chi connectivity index (χ3v) is 10.3. The normalized spacial score (nSPS) is 24.6. The minimum absolute atomic E-state index is 0.155. The summed E-state index contributed by atoms with van der Waals surface area (Å²) >= 11 is 4.23. The van der Waals surface area contributed by atoms with E-state index in [9.17, 15) is 14.4 Å². The first-order valence-corrected chi connectivity index (χ1v) is 14.5. The number of ketones is 1. The molecule has 0 spiro atoms. The molecule has 34 heavy (non-hydrogen) atoms. The molecule has 2 aliphatic heterocycles. The summed E-state index contributed by atoms with van der Waals surface area (Å²) in [5.41, 5.74) is -2.15. The van der Waals surface area contributed by atoms with Gasteiger partial charge in [-0.2, -0.15) is 0 Å². The van der Waals surface area contributed by atoms with Gasteiger partial charge in [-0.05, 0) is 25.7 Å². The van der Waals surface area contributed by atoms with Crippen LogP contribution in [0.2, 0.25) is 0 Å². The number of hydrogen-bond donors (Lipinski definition) is 0. The second kappa shape index (κ2) is 13.4. The van der Waals surface area contributed by atoms with Crippen LogP contribution in [-0.2, 0) is 23.9 Å². The average Bonchev–Trinajstić information content (AvgIpc) is 3.44. The van der Waals surface area contributed by atoms with Crippen LogP contribution < -0.4 is 0 Å². The molecule has 0 N–H and O–H groups in total. The van der Waals surface area contributed by atoms with Crippen molar-refractivity contribution < 1.29 is 23.9 Å². The number of esters is 1. The van der Waals surface area contributed by atoms with Gasteiger partial charge in [0.25, 0.3) is 0 Å². The van der Waals surface area contributed by atoms with Crippen LogP contribution >= 0.6 is 23.5 Å². The fourth-order valence-electron chi connectivity index (χ4n) is 4.73.